The predicted molar refractivity (Wildman–Crippen MR) is 100 cm³/mol. The molecule has 140 valence electrons. The van der Waals surface area contributed by atoms with E-state index in [2.05, 4.69) is 17.0 Å². The van der Waals surface area contributed by atoms with E-state index in [1.54, 1.807) is 4.90 Å². The lowest BCUT2D eigenvalue weighted by Gasteiger charge is -2.37. The first kappa shape index (κ1) is 19.7. The van der Waals surface area contributed by atoms with Crippen LogP contribution < -0.4 is 4.90 Å². The summed E-state index contributed by atoms with van der Waals surface area (Å²) in [5.41, 5.74) is 1.15. The number of sulfonamides is 1. The Balaban J connectivity index is 1.90. The number of benzene rings is 1. The average molecular weight is 369 g/mol. The second kappa shape index (κ2) is 8.64. The number of hydrogen-bond acceptors (Lipinski definition) is 5. The lowest BCUT2D eigenvalue weighted by atomic mass is 10.2. The summed E-state index contributed by atoms with van der Waals surface area (Å²) < 4.78 is 25.1. The Morgan fingerprint density at radius 1 is 1.04 bits per heavy atom. The molecule has 1 aromatic carbocycles. The van der Waals surface area contributed by atoms with E-state index in [1.807, 2.05) is 37.2 Å². The molecule has 1 aliphatic heterocycles. The Morgan fingerprint density at radius 2 is 1.64 bits per heavy atom. The summed E-state index contributed by atoms with van der Waals surface area (Å²) in [6.45, 7) is 3.55. The number of para-hydroxylation sites is 1. The van der Waals surface area contributed by atoms with Crippen LogP contribution in [-0.2, 0) is 14.8 Å². The van der Waals surface area contributed by atoms with Gasteiger partial charge in [-0.1, -0.05) is 18.2 Å². The van der Waals surface area contributed by atoms with E-state index in [0.717, 1.165) is 25.0 Å². The quantitative estimate of drug-likeness (QED) is 0.686. The standard InChI is InChI=1S/C17H28N4O3S/c1-18(2)9-14-21(25(3,23)24)15-17(22)20-12-10-19(11-13-20)16-7-5-4-6-8-16/h4-8H,9-15H2,1-3H3. The maximum Gasteiger partial charge on any atom is 0.238 e. The molecule has 1 aliphatic rings. The molecule has 0 spiro atoms. The van der Waals surface area contributed by atoms with E-state index >= 15 is 0 Å². The number of hydrogen-bond donors (Lipinski definition) is 0. The van der Waals surface area contributed by atoms with Crippen LogP contribution in [0.2, 0.25) is 0 Å². The first-order chi connectivity index (χ1) is 11.8. The second-order valence-electron chi connectivity index (χ2n) is 6.60. The third kappa shape index (κ3) is 5.98. The third-order valence-corrected chi connectivity index (χ3v) is 5.58. The second-order valence-corrected chi connectivity index (χ2v) is 8.59. The van der Waals surface area contributed by atoms with Crippen molar-refractivity contribution in [3.8, 4) is 0 Å². The molecule has 0 radical (unpaired) electrons. The molecular formula is C17H28N4O3S. The molecule has 0 saturated carbocycles. The van der Waals surface area contributed by atoms with Crippen molar-refractivity contribution in [3.63, 3.8) is 0 Å². The lowest BCUT2D eigenvalue weighted by molar-refractivity contribution is -0.131. The van der Waals surface area contributed by atoms with Crippen molar-refractivity contribution < 1.29 is 13.2 Å². The molecule has 0 aliphatic carbocycles. The molecule has 8 heteroatoms. The number of anilines is 1. The zero-order valence-corrected chi connectivity index (χ0v) is 16.1. The Kier molecular flexibility index (Phi) is 6.80. The van der Waals surface area contributed by atoms with Crippen molar-refractivity contribution in [2.45, 2.75) is 0 Å². The summed E-state index contributed by atoms with van der Waals surface area (Å²) >= 11 is 0. The van der Waals surface area contributed by atoms with E-state index in [9.17, 15) is 13.2 Å². The topological polar surface area (TPSA) is 64.2 Å². The van der Waals surface area contributed by atoms with Gasteiger partial charge in [-0.25, -0.2) is 8.42 Å². The van der Waals surface area contributed by atoms with Gasteiger partial charge in [0.25, 0.3) is 0 Å². The van der Waals surface area contributed by atoms with Crippen LogP contribution in [0.3, 0.4) is 0 Å². The Bertz CT molecular complexity index is 656. The average Bonchev–Trinajstić information content (AvgIpc) is 2.58. The normalized spacial score (nSPS) is 15.9. The number of carbonyl (C=O) groups is 1. The Morgan fingerprint density at radius 3 is 2.16 bits per heavy atom. The first-order valence-electron chi connectivity index (χ1n) is 8.45. The minimum atomic E-state index is -3.40. The highest BCUT2D eigenvalue weighted by Crippen LogP contribution is 2.15. The fraction of sp³-hybridized carbons (Fsp3) is 0.588. The van der Waals surface area contributed by atoms with Crippen molar-refractivity contribution in [2.24, 2.45) is 0 Å². The number of piperazine rings is 1. The van der Waals surface area contributed by atoms with Gasteiger partial charge in [-0.15, -0.1) is 0 Å². The number of likely N-dealkylation sites (N-methyl/N-ethyl adjacent to an activating group) is 1. The monoisotopic (exact) mass is 368 g/mol. The van der Waals surface area contributed by atoms with Gasteiger partial charge in [0.05, 0.1) is 12.8 Å². The van der Waals surface area contributed by atoms with Crippen LogP contribution in [-0.4, -0.2) is 94.6 Å². The molecule has 0 atom stereocenters. The molecule has 0 unspecified atom stereocenters. The highest BCUT2D eigenvalue weighted by atomic mass is 32.2. The largest absolute Gasteiger partial charge is 0.368 e. The molecule has 0 N–H and O–H groups in total. The van der Waals surface area contributed by atoms with Gasteiger partial charge in [0, 0.05) is 45.0 Å². The molecule has 1 heterocycles. The van der Waals surface area contributed by atoms with Crippen LogP contribution in [0, 0.1) is 0 Å². The van der Waals surface area contributed by atoms with E-state index in [4.69, 9.17) is 0 Å². The summed E-state index contributed by atoms with van der Waals surface area (Å²) in [4.78, 5) is 18.4. The third-order valence-electron chi connectivity index (χ3n) is 4.33. The molecule has 7 nitrogen and oxygen atoms in total. The van der Waals surface area contributed by atoms with Crippen molar-refractivity contribution >= 4 is 21.6 Å². The Hall–Kier alpha value is -1.64. The molecule has 1 aromatic rings. The van der Waals surface area contributed by atoms with Crippen LogP contribution in [0.25, 0.3) is 0 Å². The molecule has 0 bridgehead atoms. The fourth-order valence-corrected chi connectivity index (χ4v) is 3.54. The van der Waals surface area contributed by atoms with Gasteiger partial charge >= 0.3 is 0 Å². The summed E-state index contributed by atoms with van der Waals surface area (Å²) in [5, 5.41) is 0. The van der Waals surface area contributed by atoms with E-state index in [-0.39, 0.29) is 12.5 Å². The van der Waals surface area contributed by atoms with E-state index in [0.29, 0.717) is 26.2 Å². The van der Waals surface area contributed by atoms with E-state index in [1.165, 1.54) is 4.31 Å². The van der Waals surface area contributed by atoms with Gasteiger partial charge in [-0.3, -0.25) is 4.79 Å². The molecule has 1 amide bonds. The van der Waals surface area contributed by atoms with Crippen LogP contribution in [0.4, 0.5) is 5.69 Å². The van der Waals surface area contributed by atoms with Gasteiger partial charge in [0.2, 0.25) is 15.9 Å². The van der Waals surface area contributed by atoms with Crippen molar-refractivity contribution in [1.29, 1.82) is 0 Å². The molecule has 2 rings (SSSR count). The van der Waals surface area contributed by atoms with Gasteiger partial charge in [0.15, 0.2) is 0 Å². The SMILES string of the molecule is CN(C)CCN(CC(=O)N1CCN(c2ccccc2)CC1)S(C)(=O)=O. The summed E-state index contributed by atoms with van der Waals surface area (Å²) in [6.07, 6.45) is 1.16. The first-order valence-corrected chi connectivity index (χ1v) is 10.3. The number of amides is 1. The van der Waals surface area contributed by atoms with Gasteiger partial charge in [-0.2, -0.15) is 4.31 Å². The number of carbonyl (C=O) groups excluding carboxylic acids is 1. The van der Waals surface area contributed by atoms with Gasteiger partial charge in [0.1, 0.15) is 0 Å². The van der Waals surface area contributed by atoms with Crippen LogP contribution in [0.15, 0.2) is 30.3 Å². The summed E-state index contributed by atoms with van der Waals surface area (Å²) in [7, 11) is 0.361. The van der Waals surface area contributed by atoms with Crippen LogP contribution >= 0.6 is 0 Å². The predicted octanol–water partition coefficient (Wildman–Crippen LogP) is 0.158. The Labute approximate surface area is 150 Å². The van der Waals surface area contributed by atoms with Gasteiger partial charge < -0.3 is 14.7 Å². The van der Waals surface area contributed by atoms with Crippen molar-refractivity contribution in [2.75, 3.05) is 71.1 Å². The molecular weight excluding hydrogens is 340 g/mol. The maximum atomic E-state index is 12.5. The zero-order valence-electron chi connectivity index (χ0n) is 15.3. The maximum absolute atomic E-state index is 12.5. The molecule has 25 heavy (non-hydrogen) atoms. The van der Waals surface area contributed by atoms with Crippen molar-refractivity contribution in [3.05, 3.63) is 30.3 Å². The number of nitrogens with zero attached hydrogens (tertiary/aromatic N) is 4. The number of rotatable bonds is 7. The highest BCUT2D eigenvalue weighted by molar-refractivity contribution is 7.88. The van der Waals surface area contributed by atoms with E-state index < -0.39 is 10.0 Å². The van der Waals surface area contributed by atoms with Gasteiger partial charge in [-0.05, 0) is 26.2 Å². The van der Waals surface area contributed by atoms with Crippen molar-refractivity contribution in [1.82, 2.24) is 14.1 Å². The highest BCUT2D eigenvalue weighted by Gasteiger charge is 2.26. The fourth-order valence-electron chi connectivity index (χ4n) is 2.78. The summed E-state index contributed by atoms with van der Waals surface area (Å²) in [5.74, 6) is -0.128. The zero-order chi connectivity index (χ0) is 18.4. The summed E-state index contributed by atoms with van der Waals surface area (Å²) in [6, 6.07) is 10.1. The minimum absolute atomic E-state index is 0.0853. The molecule has 0 aromatic heterocycles. The minimum Gasteiger partial charge on any atom is -0.368 e. The molecule has 1 fully saturated rings. The van der Waals surface area contributed by atoms with Crippen LogP contribution in [0.5, 0.6) is 0 Å². The lowest BCUT2D eigenvalue weighted by Crippen LogP contribution is -2.52. The molecule has 1 saturated heterocycles. The van der Waals surface area contributed by atoms with Crippen LogP contribution in [0.1, 0.15) is 0 Å². The smallest absolute Gasteiger partial charge is 0.238 e.